The van der Waals surface area contributed by atoms with Crippen LogP contribution in [0.2, 0.25) is 5.02 Å². The second-order valence-electron chi connectivity index (χ2n) is 6.29. The molecule has 0 aliphatic rings. The number of halogens is 4. The van der Waals surface area contributed by atoms with Crippen LogP contribution >= 0.6 is 11.6 Å². The van der Waals surface area contributed by atoms with E-state index in [4.69, 9.17) is 21.1 Å². The first kappa shape index (κ1) is 23.3. The van der Waals surface area contributed by atoms with Gasteiger partial charge in [0, 0.05) is 6.07 Å². The van der Waals surface area contributed by atoms with E-state index in [0.29, 0.717) is 29.7 Å². The third-order valence-electron chi connectivity index (χ3n) is 3.61. The lowest BCUT2D eigenvalue weighted by Crippen LogP contribution is -2.08. The molecular weight excluding hydrogens is 427 g/mol. The molecule has 0 spiro atoms. The first-order valence-corrected chi connectivity index (χ1v) is 9.18. The van der Waals surface area contributed by atoms with Crippen LogP contribution in [0.25, 0.3) is 0 Å². The fraction of sp³-hybridized carbons (Fsp3) is 0.316. The van der Waals surface area contributed by atoms with Crippen LogP contribution in [-0.2, 0) is 6.18 Å². The molecule has 0 saturated carbocycles. The highest BCUT2D eigenvalue weighted by Gasteiger charge is 2.33. The quantitative estimate of drug-likeness (QED) is 0.310. The average Bonchev–Trinajstić information content (AvgIpc) is 2.63. The van der Waals surface area contributed by atoms with Gasteiger partial charge in [-0.2, -0.15) is 18.3 Å². The molecule has 0 aliphatic heterocycles. The minimum absolute atomic E-state index is 0.136. The van der Waals surface area contributed by atoms with Crippen LogP contribution in [0.15, 0.2) is 35.4 Å². The Hall–Kier alpha value is -3.01. The van der Waals surface area contributed by atoms with E-state index in [2.05, 4.69) is 10.5 Å². The topological polar surface area (TPSA) is 86.0 Å². The number of nitrogens with one attached hydrogen (secondary N) is 1. The van der Waals surface area contributed by atoms with Crippen molar-refractivity contribution in [2.24, 2.45) is 5.10 Å². The molecule has 0 aliphatic carbocycles. The van der Waals surface area contributed by atoms with Gasteiger partial charge in [0.2, 0.25) is 0 Å². The van der Waals surface area contributed by atoms with Crippen LogP contribution in [0.4, 0.5) is 24.5 Å². The summed E-state index contributed by atoms with van der Waals surface area (Å²) >= 11 is 6.25. The number of benzene rings is 2. The lowest BCUT2D eigenvalue weighted by molar-refractivity contribution is -0.384. The highest BCUT2D eigenvalue weighted by atomic mass is 35.5. The van der Waals surface area contributed by atoms with Crippen molar-refractivity contribution < 1.29 is 27.6 Å². The summed E-state index contributed by atoms with van der Waals surface area (Å²) in [7, 11) is 0. The Balaban J connectivity index is 2.29. The number of alkyl halides is 3. The number of anilines is 1. The molecule has 11 heteroatoms. The van der Waals surface area contributed by atoms with Crippen LogP contribution in [0, 0.1) is 10.1 Å². The van der Waals surface area contributed by atoms with Crippen LogP contribution in [0.5, 0.6) is 11.5 Å². The van der Waals surface area contributed by atoms with E-state index in [1.54, 1.807) is 19.1 Å². The molecule has 1 N–H and O–H groups in total. The number of hydrogen-bond acceptors (Lipinski definition) is 6. The summed E-state index contributed by atoms with van der Waals surface area (Å²) in [6.07, 6.45) is -3.53. The van der Waals surface area contributed by atoms with Crippen LogP contribution in [0.1, 0.15) is 31.9 Å². The summed E-state index contributed by atoms with van der Waals surface area (Å²) in [5.74, 6) is 0.762. The summed E-state index contributed by atoms with van der Waals surface area (Å²) in [4.78, 5) is 10.2. The van der Waals surface area contributed by atoms with E-state index >= 15 is 0 Å². The Morgan fingerprint density at radius 1 is 1.30 bits per heavy atom. The van der Waals surface area contributed by atoms with Crippen molar-refractivity contribution in [3.8, 4) is 11.5 Å². The van der Waals surface area contributed by atoms with Gasteiger partial charge in [0.25, 0.3) is 5.69 Å². The molecule has 2 aromatic rings. The van der Waals surface area contributed by atoms with Gasteiger partial charge >= 0.3 is 6.18 Å². The number of nitro benzene ring substituents is 1. The van der Waals surface area contributed by atoms with Crippen molar-refractivity contribution in [3.05, 3.63) is 56.6 Å². The molecule has 0 aromatic heterocycles. The van der Waals surface area contributed by atoms with Crippen molar-refractivity contribution in [1.29, 1.82) is 0 Å². The van der Waals surface area contributed by atoms with E-state index in [9.17, 15) is 23.3 Å². The minimum atomic E-state index is -4.70. The molecule has 162 valence electrons. The third kappa shape index (κ3) is 5.99. The smallest absolute Gasteiger partial charge is 0.416 e. The number of hydrazone groups is 1. The van der Waals surface area contributed by atoms with Gasteiger partial charge in [0.15, 0.2) is 11.5 Å². The second-order valence-corrected chi connectivity index (χ2v) is 6.69. The maximum atomic E-state index is 12.8. The van der Waals surface area contributed by atoms with Gasteiger partial charge in [0.05, 0.1) is 34.4 Å². The van der Waals surface area contributed by atoms with Crippen molar-refractivity contribution in [1.82, 2.24) is 0 Å². The molecule has 2 aromatic carbocycles. The molecular formula is C19H19ClF3N3O4. The standard InChI is InChI=1S/C19H19ClF3N3O4/c1-4-29-17-8-12(7-14(20)18(17)30-11(2)3)10-24-25-15-6-5-13(19(21,22)23)9-16(15)26(27)28/h5-11,25H,4H2,1-3H3/b24-10-. The predicted octanol–water partition coefficient (Wildman–Crippen LogP) is 5.90. The lowest BCUT2D eigenvalue weighted by atomic mass is 10.1. The summed E-state index contributed by atoms with van der Waals surface area (Å²) in [5.41, 5.74) is 0.797. The second kappa shape index (κ2) is 9.66. The number of nitro groups is 1. The fourth-order valence-electron chi connectivity index (χ4n) is 2.41. The highest BCUT2D eigenvalue weighted by Crippen LogP contribution is 2.37. The third-order valence-corrected chi connectivity index (χ3v) is 3.89. The number of ether oxygens (including phenoxy) is 2. The molecule has 0 heterocycles. The van der Waals surface area contributed by atoms with Crippen LogP contribution in [-0.4, -0.2) is 23.8 Å². The Labute approximate surface area is 175 Å². The Morgan fingerprint density at radius 3 is 2.57 bits per heavy atom. The largest absolute Gasteiger partial charge is 0.490 e. The Bertz CT molecular complexity index is 949. The summed E-state index contributed by atoms with van der Waals surface area (Å²) in [6.45, 7) is 5.82. The van der Waals surface area contributed by atoms with Crippen LogP contribution in [0.3, 0.4) is 0 Å². The molecule has 30 heavy (non-hydrogen) atoms. The molecule has 0 bridgehead atoms. The lowest BCUT2D eigenvalue weighted by Gasteiger charge is -2.16. The van der Waals surface area contributed by atoms with Gasteiger partial charge < -0.3 is 9.47 Å². The van der Waals surface area contributed by atoms with Crippen molar-refractivity contribution in [2.75, 3.05) is 12.0 Å². The molecule has 2 rings (SSSR count). The number of hydrogen-bond donors (Lipinski definition) is 1. The highest BCUT2D eigenvalue weighted by molar-refractivity contribution is 6.32. The van der Waals surface area contributed by atoms with Gasteiger partial charge in [-0.05, 0) is 50.6 Å². The van der Waals surface area contributed by atoms with E-state index < -0.39 is 22.4 Å². The van der Waals surface area contributed by atoms with E-state index in [1.165, 1.54) is 6.21 Å². The molecule has 0 atom stereocenters. The van der Waals surface area contributed by atoms with E-state index in [1.807, 2.05) is 13.8 Å². The minimum Gasteiger partial charge on any atom is -0.490 e. The normalized spacial score (nSPS) is 11.7. The Morgan fingerprint density at radius 2 is 2.00 bits per heavy atom. The van der Waals surface area contributed by atoms with Gasteiger partial charge in [-0.15, -0.1) is 0 Å². The van der Waals surface area contributed by atoms with Gasteiger partial charge in [-0.3, -0.25) is 15.5 Å². The molecule has 0 radical (unpaired) electrons. The van der Waals surface area contributed by atoms with E-state index in [0.717, 1.165) is 12.1 Å². The maximum Gasteiger partial charge on any atom is 0.416 e. The fourth-order valence-corrected chi connectivity index (χ4v) is 2.67. The molecule has 0 amide bonds. The zero-order valence-corrected chi connectivity index (χ0v) is 17.0. The SMILES string of the molecule is CCOc1cc(/C=N\Nc2ccc(C(F)(F)F)cc2[N+](=O)[O-])cc(Cl)c1OC(C)C. The molecule has 0 fully saturated rings. The zero-order chi connectivity index (χ0) is 22.5. The van der Waals surface area contributed by atoms with Crippen molar-refractivity contribution in [3.63, 3.8) is 0 Å². The number of rotatable bonds is 8. The van der Waals surface area contributed by atoms with Crippen LogP contribution < -0.4 is 14.9 Å². The predicted molar refractivity (Wildman–Crippen MR) is 108 cm³/mol. The summed E-state index contributed by atoms with van der Waals surface area (Å²) in [6, 6.07) is 5.27. The van der Waals surface area contributed by atoms with E-state index in [-0.39, 0.29) is 16.8 Å². The summed E-state index contributed by atoms with van der Waals surface area (Å²) in [5, 5.41) is 15.3. The van der Waals surface area contributed by atoms with Crippen molar-refractivity contribution >= 4 is 29.2 Å². The van der Waals surface area contributed by atoms with Gasteiger partial charge in [-0.1, -0.05) is 11.6 Å². The molecule has 7 nitrogen and oxygen atoms in total. The number of nitrogens with zero attached hydrogens (tertiary/aromatic N) is 2. The monoisotopic (exact) mass is 445 g/mol. The van der Waals surface area contributed by atoms with Gasteiger partial charge in [0.1, 0.15) is 5.69 Å². The summed E-state index contributed by atoms with van der Waals surface area (Å²) < 4.78 is 49.5. The Kier molecular flexibility index (Phi) is 7.49. The zero-order valence-electron chi connectivity index (χ0n) is 16.3. The van der Waals surface area contributed by atoms with Gasteiger partial charge in [-0.25, -0.2) is 0 Å². The average molecular weight is 446 g/mol. The first-order chi connectivity index (χ1) is 14.0. The van der Waals surface area contributed by atoms with Crippen molar-refractivity contribution in [2.45, 2.75) is 33.1 Å². The molecule has 0 unspecified atom stereocenters. The molecule has 0 saturated heterocycles. The first-order valence-electron chi connectivity index (χ1n) is 8.80. The maximum absolute atomic E-state index is 12.8.